The van der Waals surface area contributed by atoms with E-state index in [4.69, 9.17) is 12.2 Å². The summed E-state index contributed by atoms with van der Waals surface area (Å²) in [6.45, 7) is 0. The molecule has 0 radical (unpaired) electrons. The number of hydrazone groups is 1. The molecule has 2 N–H and O–H groups in total. The first kappa shape index (κ1) is 13.9. The average Bonchev–Trinajstić information content (AvgIpc) is 2.49. The number of benzene rings is 2. The molecular formula is C15H13N3OS. The molecule has 0 unspecified atom stereocenters. The van der Waals surface area contributed by atoms with Crippen LogP contribution in [0.25, 0.3) is 0 Å². The third-order valence-corrected chi connectivity index (χ3v) is 2.63. The molecule has 0 amide bonds. The molecule has 0 fully saturated rings. The van der Waals surface area contributed by atoms with Crippen LogP contribution in [0, 0.1) is 0 Å². The number of anilines is 1. The number of hydrogen-bond acceptors (Lipinski definition) is 3. The molecular weight excluding hydrogens is 270 g/mol. The predicted octanol–water partition coefficient (Wildman–Crippen LogP) is 2.84. The van der Waals surface area contributed by atoms with Crippen molar-refractivity contribution in [1.82, 2.24) is 5.43 Å². The number of carbonyl (C=O) groups excluding carboxylic acids is 1. The van der Waals surface area contributed by atoms with Crippen molar-refractivity contribution in [2.75, 3.05) is 5.32 Å². The van der Waals surface area contributed by atoms with E-state index in [1.165, 1.54) is 6.21 Å². The van der Waals surface area contributed by atoms with E-state index in [9.17, 15) is 4.79 Å². The lowest BCUT2D eigenvalue weighted by Crippen LogP contribution is -2.24. The van der Waals surface area contributed by atoms with Crippen LogP contribution in [0.5, 0.6) is 0 Å². The molecule has 0 aromatic heterocycles. The monoisotopic (exact) mass is 283 g/mol. The van der Waals surface area contributed by atoms with Gasteiger partial charge in [-0.25, -0.2) is 0 Å². The van der Waals surface area contributed by atoms with E-state index in [0.29, 0.717) is 10.7 Å². The fourth-order valence-corrected chi connectivity index (χ4v) is 1.68. The van der Waals surface area contributed by atoms with Crippen LogP contribution in [-0.4, -0.2) is 17.1 Å². The molecule has 2 rings (SSSR count). The highest BCUT2D eigenvalue weighted by Gasteiger charge is 2.00. The molecule has 0 saturated heterocycles. The average molecular weight is 283 g/mol. The second-order valence-corrected chi connectivity index (χ2v) is 4.33. The molecule has 0 spiro atoms. The Morgan fingerprint density at radius 2 is 1.60 bits per heavy atom. The number of thiocarbonyl (C=S) groups is 1. The molecule has 0 aliphatic heterocycles. The summed E-state index contributed by atoms with van der Waals surface area (Å²) in [7, 11) is 0. The van der Waals surface area contributed by atoms with Gasteiger partial charge >= 0.3 is 0 Å². The Kier molecular flexibility index (Phi) is 4.97. The topological polar surface area (TPSA) is 53.5 Å². The highest BCUT2D eigenvalue weighted by Crippen LogP contribution is 2.04. The molecule has 5 heteroatoms. The van der Waals surface area contributed by atoms with Gasteiger partial charge in [0.1, 0.15) is 0 Å². The van der Waals surface area contributed by atoms with Crippen LogP contribution in [0.2, 0.25) is 0 Å². The second kappa shape index (κ2) is 7.16. The molecule has 0 aliphatic rings. The fraction of sp³-hybridized carbons (Fsp3) is 0. The molecule has 20 heavy (non-hydrogen) atoms. The number of carbonyl (C=O) groups is 1. The number of para-hydroxylation sites is 1. The number of nitrogens with zero attached hydrogens (tertiary/aromatic N) is 1. The van der Waals surface area contributed by atoms with Crippen molar-refractivity contribution in [1.29, 1.82) is 0 Å². The zero-order valence-electron chi connectivity index (χ0n) is 10.6. The predicted molar refractivity (Wildman–Crippen MR) is 85.1 cm³/mol. The van der Waals surface area contributed by atoms with Crippen molar-refractivity contribution in [3.05, 3.63) is 66.2 Å². The molecule has 0 atom stereocenters. The van der Waals surface area contributed by atoms with Gasteiger partial charge in [-0.3, -0.25) is 10.2 Å². The molecule has 0 bridgehead atoms. The lowest BCUT2D eigenvalue weighted by atomic mass is 10.1. The summed E-state index contributed by atoms with van der Waals surface area (Å²) in [4.78, 5) is 11.7. The van der Waals surface area contributed by atoms with Crippen LogP contribution in [0.1, 0.15) is 10.4 Å². The normalized spacial score (nSPS) is 10.2. The van der Waals surface area contributed by atoms with Crippen molar-refractivity contribution >= 4 is 35.0 Å². The Morgan fingerprint density at radius 1 is 1.00 bits per heavy atom. The maximum atomic E-state index is 11.7. The van der Waals surface area contributed by atoms with Crippen LogP contribution < -0.4 is 10.7 Å². The Hall–Kier alpha value is -2.53. The van der Waals surface area contributed by atoms with Crippen molar-refractivity contribution in [3.8, 4) is 0 Å². The SMILES string of the molecule is O=C(/C=N\NC(=S)Nc1ccccc1)c1ccccc1. The maximum Gasteiger partial charge on any atom is 0.205 e. The van der Waals surface area contributed by atoms with Crippen LogP contribution in [-0.2, 0) is 0 Å². The standard InChI is InChI=1S/C15H13N3OS/c19-14(12-7-3-1-4-8-12)11-16-18-15(20)17-13-9-5-2-6-10-13/h1-11H,(H2,17,18,20)/b16-11-. The Bertz CT molecular complexity index is 612. The van der Waals surface area contributed by atoms with E-state index < -0.39 is 0 Å². The summed E-state index contributed by atoms with van der Waals surface area (Å²) < 4.78 is 0. The summed E-state index contributed by atoms with van der Waals surface area (Å²) in [6.07, 6.45) is 1.20. The van der Waals surface area contributed by atoms with Crippen molar-refractivity contribution < 1.29 is 4.79 Å². The smallest absolute Gasteiger partial charge is 0.205 e. The van der Waals surface area contributed by atoms with E-state index in [0.717, 1.165) is 5.69 Å². The first-order chi connectivity index (χ1) is 9.75. The minimum Gasteiger partial charge on any atom is -0.331 e. The van der Waals surface area contributed by atoms with Crippen LogP contribution in [0.4, 0.5) is 5.69 Å². The molecule has 0 saturated carbocycles. The summed E-state index contributed by atoms with van der Waals surface area (Å²) >= 11 is 5.06. The molecule has 100 valence electrons. The van der Waals surface area contributed by atoms with Crippen molar-refractivity contribution in [2.45, 2.75) is 0 Å². The van der Waals surface area contributed by atoms with Crippen LogP contribution in [0.3, 0.4) is 0 Å². The second-order valence-electron chi connectivity index (χ2n) is 3.92. The number of rotatable bonds is 4. The first-order valence-corrected chi connectivity index (χ1v) is 6.41. The number of Topliss-reactive ketones (excluding diaryl/α,β-unsaturated/α-hetero) is 1. The van der Waals surface area contributed by atoms with Gasteiger partial charge in [-0.05, 0) is 24.4 Å². The molecule has 0 aliphatic carbocycles. The fourth-order valence-electron chi connectivity index (χ4n) is 1.51. The maximum absolute atomic E-state index is 11.7. The van der Waals surface area contributed by atoms with Crippen molar-refractivity contribution in [3.63, 3.8) is 0 Å². The van der Waals surface area contributed by atoms with E-state index in [2.05, 4.69) is 15.8 Å². The van der Waals surface area contributed by atoms with Gasteiger partial charge < -0.3 is 5.32 Å². The quantitative estimate of drug-likeness (QED) is 0.392. The Morgan fingerprint density at radius 3 is 2.25 bits per heavy atom. The highest BCUT2D eigenvalue weighted by molar-refractivity contribution is 7.80. The summed E-state index contributed by atoms with van der Waals surface area (Å²) in [6, 6.07) is 18.4. The van der Waals surface area contributed by atoms with Crippen LogP contribution >= 0.6 is 12.2 Å². The molecule has 2 aromatic carbocycles. The minimum absolute atomic E-state index is 0.180. The van der Waals surface area contributed by atoms with Gasteiger partial charge in [0.05, 0.1) is 6.21 Å². The van der Waals surface area contributed by atoms with Crippen LogP contribution in [0.15, 0.2) is 65.8 Å². The minimum atomic E-state index is -0.180. The zero-order chi connectivity index (χ0) is 14.2. The van der Waals surface area contributed by atoms with Gasteiger partial charge in [0.2, 0.25) is 5.78 Å². The zero-order valence-corrected chi connectivity index (χ0v) is 11.4. The largest absolute Gasteiger partial charge is 0.331 e. The third kappa shape index (κ3) is 4.29. The van der Waals surface area contributed by atoms with Gasteiger partial charge in [0.25, 0.3) is 0 Å². The Labute approximate surface area is 122 Å². The van der Waals surface area contributed by atoms with Gasteiger partial charge in [-0.15, -0.1) is 0 Å². The van der Waals surface area contributed by atoms with E-state index in [-0.39, 0.29) is 5.78 Å². The summed E-state index contributed by atoms with van der Waals surface area (Å²) in [5.74, 6) is -0.180. The number of ketones is 1. The van der Waals surface area contributed by atoms with E-state index >= 15 is 0 Å². The highest BCUT2D eigenvalue weighted by atomic mass is 32.1. The lowest BCUT2D eigenvalue weighted by Gasteiger charge is -2.05. The van der Waals surface area contributed by atoms with Gasteiger partial charge in [-0.1, -0.05) is 48.5 Å². The van der Waals surface area contributed by atoms with Gasteiger partial charge in [0, 0.05) is 11.3 Å². The van der Waals surface area contributed by atoms with Gasteiger partial charge in [-0.2, -0.15) is 5.10 Å². The van der Waals surface area contributed by atoms with Gasteiger partial charge in [0.15, 0.2) is 5.11 Å². The Balaban J connectivity index is 1.84. The molecule has 0 heterocycles. The third-order valence-electron chi connectivity index (χ3n) is 2.44. The molecule has 2 aromatic rings. The number of nitrogens with one attached hydrogen (secondary N) is 2. The van der Waals surface area contributed by atoms with Crippen molar-refractivity contribution in [2.24, 2.45) is 5.10 Å². The first-order valence-electron chi connectivity index (χ1n) is 6.00. The van der Waals surface area contributed by atoms with E-state index in [1.54, 1.807) is 24.3 Å². The summed E-state index contributed by atoms with van der Waals surface area (Å²) in [5.41, 5.74) is 4.04. The van der Waals surface area contributed by atoms with E-state index in [1.807, 2.05) is 36.4 Å². The summed E-state index contributed by atoms with van der Waals surface area (Å²) in [5, 5.41) is 7.09. The number of hydrogen-bond donors (Lipinski definition) is 2. The lowest BCUT2D eigenvalue weighted by molar-refractivity contribution is 0.107. The molecule has 4 nitrogen and oxygen atoms in total.